The molecule has 0 aliphatic rings. The third-order valence-corrected chi connectivity index (χ3v) is 1.26. The fourth-order valence-electron chi connectivity index (χ4n) is 0.600. The topological polar surface area (TPSA) is 23.5 Å². The van der Waals surface area contributed by atoms with Crippen molar-refractivity contribution in [1.29, 1.82) is 0 Å². The van der Waals surface area contributed by atoms with Gasteiger partial charge in [-0.2, -0.15) is 13.2 Å². The van der Waals surface area contributed by atoms with Crippen molar-refractivity contribution in [2.45, 2.75) is 12.6 Å². The van der Waals surface area contributed by atoms with Crippen LogP contribution in [0, 0.1) is 0 Å². The second-order valence-electron chi connectivity index (χ2n) is 2.39. The van der Waals surface area contributed by atoms with Crippen molar-refractivity contribution in [2.75, 3.05) is 26.7 Å². The maximum absolute atomic E-state index is 11.6. The molecule has 68 valence electrons. The standard InChI is InChI=1S/C6H12F3NO/c1-10(4-5-11)3-2-6(7,8)9/h11H,2-5H2,1H3. The number of aliphatic hydroxyl groups excluding tert-OH is 1. The summed E-state index contributed by atoms with van der Waals surface area (Å²) in [7, 11) is 1.54. The molecular formula is C6H12F3NO. The van der Waals surface area contributed by atoms with E-state index in [4.69, 9.17) is 5.11 Å². The molecule has 0 unspecified atom stereocenters. The lowest BCUT2D eigenvalue weighted by Crippen LogP contribution is -2.26. The van der Waals surface area contributed by atoms with E-state index in [2.05, 4.69) is 0 Å². The van der Waals surface area contributed by atoms with Crippen LogP contribution in [0.4, 0.5) is 13.2 Å². The van der Waals surface area contributed by atoms with E-state index in [1.165, 1.54) is 4.90 Å². The van der Waals surface area contributed by atoms with Crippen LogP contribution in [0.3, 0.4) is 0 Å². The average molecular weight is 171 g/mol. The van der Waals surface area contributed by atoms with Crippen LogP contribution in [0.2, 0.25) is 0 Å². The maximum Gasteiger partial charge on any atom is 0.390 e. The normalized spacial score (nSPS) is 12.5. The first-order chi connectivity index (χ1) is 4.95. The predicted molar refractivity (Wildman–Crippen MR) is 35.3 cm³/mol. The maximum atomic E-state index is 11.6. The van der Waals surface area contributed by atoms with Crippen LogP contribution in [-0.4, -0.2) is 42.9 Å². The first kappa shape index (κ1) is 10.7. The first-order valence-electron chi connectivity index (χ1n) is 3.32. The molecule has 0 spiro atoms. The summed E-state index contributed by atoms with van der Waals surface area (Å²) < 4.78 is 34.7. The van der Waals surface area contributed by atoms with Crippen LogP contribution in [-0.2, 0) is 0 Å². The molecule has 11 heavy (non-hydrogen) atoms. The minimum atomic E-state index is -4.09. The van der Waals surface area contributed by atoms with Gasteiger partial charge in [0.15, 0.2) is 0 Å². The number of halogens is 3. The Morgan fingerprint density at radius 1 is 1.27 bits per heavy atom. The quantitative estimate of drug-likeness (QED) is 0.678. The molecule has 0 radical (unpaired) electrons. The highest BCUT2D eigenvalue weighted by molar-refractivity contribution is 4.55. The third-order valence-electron chi connectivity index (χ3n) is 1.26. The van der Waals surface area contributed by atoms with Gasteiger partial charge in [0.2, 0.25) is 0 Å². The lowest BCUT2D eigenvalue weighted by atomic mass is 10.4. The Hall–Kier alpha value is -0.290. The van der Waals surface area contributed by atoms with Crippen LogP contribution in [0.15, 0.2) is 0 Å². The van der Waals surface area contributed by atoms with Crippen molar-refractivity contribution in [3.05, 3.63) is 0 Å². The number of alkyl halides is 3. The van der Waals surface area contributed by atoms with Crippen LogP contribution in [0.1, 0.15) is 6.42 Å². The molecule has 0 amide bonds. The molecule has 0 saturated heterocycles. The van der Waals surface area contributed by atoms with Crippen LogP contribution in [0.25, 0.3) is 0 Å². The van der Waals surface area contributed by atoms with E-state index in [1.807, 2.05) is 0 Å². The summed E-state index contributed by atoms with van der Waals surface area (Å²) >= 11 is 0. The Morgan fingerprint density at radius 3 is 2.18 bits per heavy atom. The summed E-state index contributed by atoms with van der Waals surface area (Å²) in [5, 5.41) is 8.34. The molecule has 5 heteroatoms. The third kappa shape index (κ3) is 7.61. The second kappa shape index (κ2) is 4.56. The number of rotatable bonds is 4. The van der Waals surface area contributed by atoms with Gasteiger partial charge < -0.3 is 10.0 Å². The average Bonchev–Trinajstić information content (AvgIpc) is 1.83. The molecule has 0 heterocycles. The number of hydrogen-bond acceptors (Lipinski definition) is 2. The fourth-order valence-corrected chi connectivity index (χ4v) is 0.600. The van der Waals surface area contributed by atoms with Gasteiger partial charge in [-0.1, -0.05) is 0 Å². The monoisotopic (exact) mass is 171 g/mol. The zero-order valence-electron chi connectivity index (χ0n) is 6.36. The molecule has 0 atom stereocenters. The van der Waals surface area contributed by atoms with E-state index >= 15 is 0 Å². The number of hydrogen-bond donors (Lipinski definition) is 1. The summed E-state index contributed by atoms with van der Waals surface area (Å²) in [6.45, 7) is 0.133. The van der Waals surface area contributed by atoms with Crippen molar-refractivity contribution >= 4 is 0 Å². The molecule has 2 nitrogen and oxygen atoms in total. The molecule has 0 bridgehead atoms. The lowest BCUT2D eigenvalue weighted by Gasteiger charge is -2.15. The first-order valence-corrected chi connectivity index (χ1v) is 3.32. The summed E-state index contributed by atoms with van der Waals surface area (Å²) in [6.07, 6.45) is -4.91. The van der Waals surface area contributed by atoms with Crippen molar-refractivity contribution in [2.24, 2.45) is 0 Å². The summed E-state index contributed by atoms with van der Waals surface area (Å²) in [6, 6.07) is 0. The lowest BCUT2D eigenvalue weighted by molar-refractivity contribution is -0.137. The zero-order chi connectivity index (χ0) is 8.91. The van der Waals surface area contributed by atoms with Gasteiger partial charge in [-0.15, -0.1) is 0 Å². The molecule has 0 aliphatic heterocycles. The molecule has 0 aliphatic carbocycles. The smallest absolute Gasteiger partial charge is 0.390 e. The van der Waals surface area contributed by atoms with Crippen LogP contribution >= 0.6 is 0 Å². The Bertz CT molecular complexity index is 104. The van der Waals surface area contributed by atoms with E-state index in [0.29, 0.717) is 0 Å². The summed E-state index contributed by atoms with van der Waals surface area (Å²) in [5.74, 6) is 0. The molecule has 0 aromatic heterocycles. The Kier molecular flexibility index (Phi) is 4.44. The van der Waals surface area contributed by atoms with E-state index in [1.54, 1.807) is 7.05 Å². The van der Waals surface area contributed by atoms with Crippen molar-refractivity contribution in [3.8, 4) is 0 Å². The highest BCUT2D eigenvalue weighted by Crippen LogP contribution is 2.19. The second-order valence-corrected chi connectivity index (χ2v) is 2.39. The SMILES string of the molecule is CN(CCO)CCC(F)(F)F. The van der Waals surface area contributed by atoms with Crippen molar-refractivity contribution in [3.63, 3.8) is 0 Å². The number of likely N-dealkylation sites (N-methyl/N-ethyl adjacent to an activating group) is 1. The number of nitrogens with zero attached hydrogens (tertiary/aromatic N) is 1. The molecule has 0 fully saturated rings. The van der Waals surface area contributed by atoms with Gasteiger partial charge in [-0.25, -0.2) is 0 Å². The molecule has 0 aromatic rings. The molecule has 0 rings (SSSR count). The van der Waals surface area contributed by atoms with Crippen LogP contribution < -0.4 is 0 Å². The van der Waals surface area contributed by atoms with Gasteiger partial charge in [0.1, 0.15) is 0 Å². The minimum Gasteiger partial charge on any atom is -0.395 e. The zero-order valence-corrected chi connectivity index (χ0v) is 6.36. The van der Waals surface area contributed by atoms with Gasteiger partial charge in [-0.3, -0.25) is 0 Å². The predicted octanol–water partition coefficient (Wildman–Crippen LogP) is 0.863. The highest BCUT2D eigenvalue weighted by Gasteiger charge is 2.26. The largest absolute Gasteiger partial charge is 0.395 e. The van der Waals surface area contributed by atoms with E-state index in [0.717, 1.165) is 0 Å². The highest BCUT2D eigenvalue weighted by atomic mass is 19.4. The van der Waals surface area contributed by atoms with Gasteiger partial charge in [-0.05, 0) is 7.05 Å². The fraction of sp³-hybridized carbons (Fsp3) is 1.00. The summed E-state index contributed by atoms with van der Waals surface area (Å²) in [5.41, 5.74) is 0. The molecule has 0 aromatic carbocycles. The van der Waals surface area contributed by atoms with Gasteiger partial charge in [0.05, 0.1) is 13.0 Å². The summed E-state index contributed by atoms with van der Waals surface area (Å²) in [4.78, 5) is 1.44. The van der Waals surface area contributed by atoms with Crippen LogP contribution in [0.5, 0.6) is 0 Å². The van der Waals surface area contributed by atoms with E-state index < -0.39 is 12.6 Å². The van der Waals surface area contributed by atoms with E-state index in [-0.39, 0.29) is 19.7 Å². The molecular weight excluding hydrogens is 159 g/mol. The molecule has 0 saturated carbocycles. The Labute approximate surface area is 63.6 Å². The molecule has 1 N–H and O–H groups in total. The van der Waals surface area contributed by atoms with Crippen molar-refractivity contribution < 1.29 is 18.3 Å². The van der Waals surface area contributed by atoms with Gasteiger partial charge >= 0.3 is 6.18 Å². The number of aliphatic hydroxyl groups is 1. The Morgan fingerprint density at radius 2 is 1.82 bits per heavy atom. The van der Waals surface area contributed by atoms with Gasteiger partial charge in [0, 0.05) is 13.1 Å². The van der Waals surface area contributed by atoms with Gasteiger partial charge in [0.25, 0.3) is 0 Å². The minimum absolute atomic E-state index is 0.0515. The van der Waals surface area contributed by atoms with E-state index in [9.17, 15) is 13.2 Å². The Balaban J connectivity index is 3.38. The van der Waals surface area contributed by atoms with Crippen molar-refractivity contribution in [1.82, 2.24) is 4.90 Å².